The molecule has 1 saturated heterocycles. The van der Waals surface area contributed by atoms with Crippen molar-refractivity contribution in [3.63, 3.8) is 0 Å². The minimum atomic E-state index is -3.51. The van der Waals surface area contributed by atoms with Gasteiger partial charge in [0.25, 0.3) is 15.6 Å². The molecule has 3 heterocycles. The van der Waals surface area contributed by atoms with E-state index in [-0.39, 0.29) is 13.1 Å². The molecular formula is C13H15BrN4O4S2. The van der Waals surface area contributed by atoms with Crippen LogP contribution in [-0.4, -0.2) is 48.5 Å². The van der Waals surface area contributed by atoms with E-state index in [2.05, 4.69) is 20.9 Å². The van der Waals surface area contributed by atoms with Gasteiger partial charge in [-0.25, -0.2) is 13.2 Å². The standard InChI is InChI=1S/C13H15BrN4O4S2/c1-16-11(19)8-10(15-13(16)20)17-4-6-18(7-5-17)24(21,22)12-3-2-9(14)23-12/h2-3,8H,4-7H2,1H3,(H,15,20). The summed E-state index contributed by atoms with van der Waals surface area (Å²) in [4.78, 5) is 27.8. The molecule has 0 saturated carbocycles. The first kappa shape index (κ1) is 17.4. The fraction of sp³-hybridized carbons (Fsp3) is 0.385. The number of anilines is 1. The van der Waals surface area contributed by atoms with Crippen LogP contribution in [0.5, 0.6) is 0 Å². The lowest BCUT2D eigenvalue weighted by atomic mass is 10.3. The van der Waals surface area contributed by atoms with E-state index in [1.807, 2.05) is 0 Å². The quantitative estimate of drug-likeness (QED) is 0.754. The highest BCUT2D eigenvalue weighted by atomic mass is 79.9. The predicted molar refractivity (Wildman–Crippen MR) is 95.3 cm³/mol. The number of hydrogen-bond donors (Lipinski definition) is 1. The van der Waals surface area contributed by atoms with E-state index in [0.29, 0.717) is 23.1 Å². The number of piperazine rings is 1. The lowest BCUT2D eigenvalue weighted by Crippen LogP contribution is -2.49. The number of sulfonamides is 1. The van der Waals surface area contributed by atoms with Gasteiger partial charge in [-0.1, -0.05) is 0 Å². The number of thiophene rings is 1. The fourth-order valence-corrected chi connectivity index (χ4v) is 6.03. The third-order valence-corrected chi connectivity index (χ3v) is 7.84. The first-order valence-electron chi connectivity index (χ1n) is 7.10. The van der Waals surface area contributed by atoms with E-state index in [1.54, 1.807) is 17.0 Å². The van der Waals surface area contributed by atoms with E-state index in [4.69, 9.17) is 0 Å². The summed E-state index contributed by atoms with van der Waals surface area (Å²) in [6, 6.07) is 4.63. The highest BCUT2D eigenvalue weighted by molar-refractivity contribution is 9.11. The number of halogens is 1. The highest BCUT2D eigenvalue weighted by Crippen LogP contribution is 2.29. The number of nitrogens with zero attached hydrogens (tertiary/aromatic N) is 3. The second-order valence-electron chi connectivity index (χ2n) is 5.31. The van der Waals surface area contributed by atoms with Crippen LogP contribution in [0.15, 0.2) is 35.8 Å². The van der Waals surface area contributed by atoms with Crippen molar-refractivity contribution in [2.75, 3.05) is 31.1 Å². The molecule has 3 rings (SSSR count). The maximum atomic E-state index is 12.6. The first-order chi connectivity index (χ1) is 11.3. The molecule has 0 aromatic carbocycles. The van der Waals surface area contributed by atoms with Gasteiger partial charge in [0, 0.05) is 39.3 Å². The van der Waals surface area contributed by atoms with Crippen molar-refractivity contribution in [2.24, 2.45) is 7.05 Å². The molecule has 0 unspecified atom stereocenters. The Kier molecular flexibility index (Phi) is 4.69. The molecule has 130 valence electrons. The van der Waals surface area contributed by atoms with Crippen molar-refractivity contribution >= 4 is 43.1 Å². The van der Waals surface area contributed by atoms with Crippen LogP contribution in [-0.2, 0) is 17.1 Å². The van der Waals surface area contributed by atoms with E-state index in [1.165, 1.54) is 28.8 Å². The van der Waals surface area contributed by atoms with Crippen molar-refractivity contribution in [2.45, 2.75) is 4.21 Å². The average Bonchev–Trinajstić information content (AvgIpc) is 2.99. The Morgan fingerprint density at radius 1 is 1.17 bits per heavy atom. The Morgan fingerprint density at radius 3 is 2.38 bits per heavy atom. The lowest BCUT2D eigenvalue weighted by molar-refractivity contribution is 0.384. The molecule has 0 atom stereocenters. The summed E-state index contributed by atoms with van der Waals surface area (Å²) in [5.41, 5.74) is -0.886. The highest BCUT2D eigenvalue weighted by Gasteiger charge is 2.30. The van der Waals surface area contributed by atoms with Crippen LogP contribution in [0.25, 0.3) is 0 Å². The van der Waals surface area contributed by atoms with Crippen LogP contribution in [0.3, 0.4) is 0 Å². The number of aromatic amines is 1. The van der Waals surface area contributed by atoms with Gasteiger partial charge in [0.2, 0.25) is 0 Å². The second kappa shape index (κ2) is 6.47. The molecule has 0 aliphatic carbocycles. The molecule has 1 aliphatic heterocycles. The molecule has 0 bridgehead atoms. The Morgan fingerprint density at radius 2 is 1.83 bits per heavy atom. The summed E-state index contributed by atoms with van der Waals surface area (Å²) in [5, 5.41) is 0. The van der Waals surface area contributed by atoms with Crippen LogP contribution >= 0.6 is 27.3 Å². The number of nitrogens with one attached hydrogen (secondary N) is 1. The van der Waals surface area contributed by atoms with E-state index >= 15 is 0 Å². The number of hydrogen-bond acceptors (Lipinski definition) is 6. The van der Waals surface area contributed by atoms with E-state index < -0.39 is 21.3 Å². The van der Waals surface area contributed by atoms with Crippen molar-refractivity contribution < 1.29 is 8.42 Å². The smallest absolute Gasteiger partial charge is 0.329 e. The number of aromatic nitrogens is 2. The summed E-state index contributed by atoms with van der Waals surface area (Å²) < 4.78 is 28.6. The minimum Gasteiger partial charge on any atom is -0.355 e. The molecule has 2 aromatic rings. The Bertz CT molecular complexity index is 939. The van der Waals surface area contributed by atoms with Gasteiger partial charge in [0.1, 0.15) is 10.0 Å². The molecule has 1 N–H and O–H groups in total. The van der Waals surface area contributed by atoms with Crippen molar-refractivity contribution in [1.29, 1.82) is 0 Å². The minimum absolute atomic E-state index is 0.287. The molecule has 2 aromatic heterocycles. The maximum absolute atomic E-state index is 12.6. The summed E-state index contributed by atoms with van der Waals surface area (Å²) in [6.07, 6.45) is 0. The second-order valence-corrected chi connectivity index (χ2v) is 9.93. The zero-order valence-corrected chi connectivity index (χ0v) is 15.9. The average molecular weight is 435 g/mol. The summed E-state index contributed by atoms with van der Waals surface area (Å²) >= 11 is 4.44. The monoisotopic (exact) mass is 434 g/mol. The van der Waals surface area contributed by atoms with Gasteiger partial charge in [-0.2, -0.15) is 4.31 Å². The Hall–Kier alpha value is -1.43. The van der Waals surface area contributed by atoms with Gasteiger partial charge in [0.05, 0.1) is 3.79 Å². The largest absolute Gasteiger partial charge is 0.355 e. The van der Waals surface area contributed by atoms with Crippen molar-refractivity contribution in [3.8, 4) is 0 Å². The Balaban J connectivity index is 1.77. The molecule has 0 amide bonds. The molecule has 0 radical (unpaired) electrons. The predicted octanol–water partition coefficient (Wildman–Crippen LogP) is 0.408. The van der Waals surface area contributed by atoms with Gasteiger partial charge >= 0.3 is 5.69 Å². The zero-order valence-electron chi connectivity index (χ0n) is 12.7. The van der Waals surface area contributed by atoms with Gasteiger partial charge in [-0.05, 0) is 28.1 Å². The van der Waals surface area contributed by atoms with Crippen LogP contribution < -0.4 is 16.1 Å². The van der Waals surface area contributed by atoms with Crippen LogP contribution in [0.2, 0.25) is 0 Å². The summed E-state index contributed by atoms with van der Waals surface area (Å²) in [6.45, 7) is 1.37. The number of rotatable bonds is 3. The SMILES string of the molecule is Cn1c(=O)cc(N2CCN(S(=O)(=O)c3ccc(Br)s3)CC2)[nH]c1=O. The molecular weight excluding hydrogens is 420 g/mol. The number of H-pyrrole nitrogens is 1. The van der Waals surface area contributed by atoms with Crippen molar-refractivity contribution in [1.82, 2.24) is 13.9 Å². The molecule has 0 spiro atoms. The normalized spacial score (nSPS) is 16.5. The topological polar surface area (TPSA) is 95.5 Å². The lowest BCUT2D eigenvalue weighted by Gasteiger charge is -2.34. The van der Waals surface area contributed by atoms with Gasteiger partial charge in [0.15, 0.2) is 0 Å². The van der Waals surface area contributed by atoms with Crippen molar-refractivity contribution in [3.05, 3.63) is 42.8 Å². The van der Waals surface area contributed by atoms with E-state index in [0.717, 1.165) is 8.35 Å². The van der Waals surface area contributed by atoms with Crippen LogP contribution in [0, 0.1) is 0 Å². The molecule has 1 fully saturated rings. The fourth-order valence-electron chi connectivity index (χ4n) is 2.45. The zero-order chi connectivity index (χ0) is 17.5. The third kappa shape index (κ3) is 3.21. The molecule has 24 heavy (non-hydrogen) atoms. The maximum Gasteiger partial charge on any atom is 0.329 e. The van der Waals surface area contributed by atoms with E-state index in [9.17, 15) is 18.0 Å². The van der Waals surface area contributed by atoms with Gasteiger partial charge in [-0.3, -0.25) is 14.3 Å². The van der Waals surface area contributed by atoms with Gasteiger partial charge in [-0.15, -0.1) is 11.3 Å². The summed E-state index contributed by atoms with van der Waals surface area (Å²) in [5.74, 6) is 0.416. The molecule has 1 aliphatic rings. The first-order valence-corrected chi connectivity index (χ1v) is 10.1. The Labute approximate surface area is 150 Å². The summed E-state index contributed by atoms with van der Waals surface area (Å²) in [7, 11) is -2.12. The third-order valence-electron chi connectivity index (χ3n) is 3.85. The van der Waals surface area contributed by atoms with Crippen LogP contribution in [0.1, 0.15) is 0 Å². The molecule has 8 nitrogen and oxygen atoms in total. The van der Waals surface area contributed by atoms with Crippen LogP contribution in [0.4, 0.5) is 5.82 Å². The van der Waals surface area contributed by atoms with Gasteiger partial charge < -0.3 is 4.90 Å². The molecule has 11 heteroatoms.